The zero-order valence-electron chi connectivity index (χ0n) is 14.4. The lowest BCUT2D eigenvalue weighted by molar-refractivity contribution is -0.137. The van der Waals surface area contributed by atoms with Gasteiger partial charge in [-0.05, 0) is 52.2 Å². The van der Waals surface area contributed by atoms with Gasteiger partial charge >= 0.3 is 13.3 Å². The number of carbonyl (C=O) groups is 1. The number of hydrogen-bond acceptors (Lipinski definition) is 3. The van der Waals surface area contributed by atoms with Crippen molar-refractivity contribution in [3.63, 3.8) is 0 Å². The molecule has 1 aromatic rings. The van der Waals surface area contributed by atoms with Crippen molar-refractivity contribution in [2.24, 2.45) is 0 Å². The van der Waals surface area contributed by atoms with Gasteiger partial charge in [0.05, 0.1) is 16.8 Å². The number of amides is 1. The van der Waals surface area contributed by atoms with Crippen molar-refractivity contribution >= 4 is 18.5 Å². The zero-order valence-corrected chi connectivity index (χ0v) is 14.4. The first-order valence-electron chi connectivity index (χ1n) is 7.73. The molecule has 1 aliphatic heterocycles. The minimum Gasteiger partial charge on any atom is -0.399 e. The Morgan fingerprint density at radius 2 is 1.67 bits per heavy atom. The number of hydrogen-bond donors (Lipinski definition) is 1. The fraction of sp³-hybridized carbons (Fsp3) is 0.562. The van der Waals surface area contributed by atoms with Crippen molar-refractivity contribution in [2.75, 3.05) is 6.54 Å². The van der Waals surface area contributed by atoms with Crippen LogP contribution in [0.3, 0.4) is 0 Å². The molecule has 0 spiro atoms. The lowest BCUT2D eigenvalue weighted by atomic mass is 9.77. The normalized spacial score (nSPS) is 19.4. The van der Waals surface area contributed by atoms with Gasteiger partial charge in [-0.1, -0.05) is 6.07 Å². The molecule has 0 aromatic heterocycles. The Morgan fingerprint density at radius 3 is 2.12 bits per heavy atom. The van der Waals surface area contributed by atoms with Crippen molar-refractivity contribution in [3.05, 3.63) is 29.3 Å². The Kier molecular flexibility index (Phi) is 4.76. The van der Waals surface area contributed by atoms with Crippen LogP contribution in [0.5, 0.6) is 0 Å². The lowest BCUT2D eigenvalue weighted by Gasteiger charge is -2.32. The molecule has 8 heteroatoms. The molecule has 0 saturated carbocycles. The molecule has 1 saturated heterocycles. The molecule has 2 rings (SSSR count). The number of alkyl halides is 3. The highest BCUT2D eigenvalue weighted by Crippen LogP contribution is 2.37. The number of halogens is 3. The summed E-state index contributed by atoms with van der Waals surface area (Å²) in [7, 11) is -0.967. The van der Waals surface area contributed by atoms with Gasteiger partial charge in [-0.2, -0.15) is 13.2 Å². The molecule has 1 aromatic carbocycles. The second-order valence-electron chi connectivity index (χ2n) is 6.79. The van der Waals surface area contributed by atoms with Crippen molar-refractivity contribution < 1.29 is 27.3 Å². The maximum absolute atomic E-state index is 13.2. The van der Waals surface area contributed by atoms with E-state index >= 15 is 0 Å². The van der Waals surface area contributed by atoms with E-state index in [-0.39, 0.29) is 11.0 Å². The van der Waals surface area contributed by atoms with E-state index < -0.39 is 36.0 Å². The number of carbonyl (C=O) groups excluding carboxylic acids is 1. The molecule has 0 unspecified atom stereocenters. The van der Waals surface area contributed by atoms with Crippen LogP contribution >= 0.6 is 0 Å². The van der Waals surface area contributed by atoms with Gasteiger partial charge in [0.2, 0.25) is 0 Å². The van der Waals surface area contributed by atoms with Gasteiger partial charge in [-0.3, -0.25) is 4.79 Å². The molecule has 1 heterocycles. The van der Waals surface area contributed by atoms with Crippen molar-refractivity contribution in [1.82, 2.24) is 5.32 Å². The SMILES string of the molecule is CCNC(=O)c1cc(B2OC(C)(C)C(C)(C)O2)cc(C(F)(F)F)c1. The summed E-state index contributed by atoms with van der Waals surface area (Å²) < 4.78 is 51.1. The van der Waals surface area contributed by atoms with Crippen LogP contribution in [-0.2, 0) is 15.5 Å². The Hall–Kier alpha value is -1.54. The number of rotatable bonds is 3. The van der Waals surface area contributed by atoms with Crippen LogP contribution in [0.25, 0.3) is 0 Å². The lowest BCUT2D eigenvalue weighted by Crippen LogP contribution is -2.41. The molecule has 0 radical (unpaired) electrons. The third kappa shape index (κ3) is 3.59. The van der Waals surface area contributed by atoms with Gasteiger partial charge in [0.25, 0.3) is 5.91 Å². The predicted molar refractivity (Wildman–Crippen MR) is 85.2 cm³/mol. The van der Waals surface area contributed by atoms with E-state index in [0.29, 0.717) is 6.54 Å². The van der Waals surface area contributed by atoms with Crippen LogP contribution in [0.2, 0.25) is 0 Å². The summed E-state index contributed by atoms with van der Waals surface area (Å²) in [5.74, 6) is -0.568. The summed E-state index contributed by atoms with van der Waals surface area (Å²) in [4.78, 5) is 12.0. The molecule has 132 valence electrons. The molecule has 1 fully saturated rings. The second-order valence-corrected chi connectivity index (χ2v) is 6.79. The average molecular weight is 343 g/mol. The molecule has 4 nitrogen and oxygen atoms in total. The minimum atomic E-state index is -4.57. The Bertz CT molecular complexity index is 628. The summed E-state index contributed by atoms with van der Waals surface area (Å²) in [6.07, 6.45) is -4.57. The molecule has 0 atom stereocenters. The fourth-order valence-electron chi connectivity index (χ4n) is 2.32. The molecule has 1 aliphatic rings. The van der Waals surface area contributed by atoms with Crippen LogP contribution in [0.1, 0.15) is 50.5 Å². The average Bonchev–Trinajstić information content (AvgIpc) is 2.66. The van der Waals surface area contributed by atoms with E-state index in [1.165, 1.54) is 6.07 Å². The molecule has 0 aliphatic carbocycles. The van der Waals surface area contributed by atoms with Gasteiger partial charge in [0.1, 0.15) is 0 Å². The quantitative estimate of drug-likeness (QED) is 0.859. The Morgan fingerprint density at radius 1 is 1.12 bits per heavy atom. The number of nitrogens with one attached hydrogen (secondary N) is 1. The second kappa shape index (κ2) is 6.08. The maximum atomic E-state index is 13.2. The van der Waals surface area contributed by atoms with E-state index in [0.717, 1.165) is 12.1 Å². The largest absolute Gasteiger partial charge is 0.494 e. The Labute approximate surface area is 139 Å². The van der Waals surface area contributed by atoms with E-state index in [1.54, 1.807) is 6.92 Å². The highest BCUT2D eigenvalue weighted by atomic mass is 19.4. The molecule has 1 amide bonds. The summed E-state index contributed by atoms with van der Waals surface area (Å²) in [6.45, 7) is 9.26. The topological polar surface area (TPSA) is 47.6 Å². The summed E-state index contributed by atoms with van der Waals surface area (Å²) in [6, 6.07) is 3.17. The minimum absolute atomic E-state index is 0.0728. The molecule has 0 bridgehead atoms. The van der Waals surface area contributed by atoms with Gasteiger partial charge in [-0.15, -0.1) is 0 Å². The highest BCUT2D eigenvalue weighted by Gasteiger charge is 2.52. The standard InChI is InChI=1S/C16H21BF3NO3/c1-6-21-13(22)10-7-11(16(18,19)20)9-12(8-10)17-23-14(2,3)15(4,5)24-17/h7-9H,6H2,1-5H3,(H,21,22). The maximum Gasteiger partial charge on any atom is 0.494 e. The predicted octanol–water partition coefficient (Wildman–Crippen LogP) is 2.75. The highest BCUT2D eigenvalue weighted by molar-refractivity contribution is 6.62. The van der Waals surface area contributed by atoms with E-state index in [9.17, 15) is 18.0 Å². The third-order valence-electron chi connectivity index (χ3n) is 4.41. The first kappa shape index (κ1) is 18.8. The summed E-state index contributed by atoms with van der Waals surface area (Å²) in [5, 5.41) is 2.50. The molecule has 24 heavy (non-hydrogen) atoms. The number of benzene rings is 1. The molecular formula is C16H21BF3NO3. The van der Waals surface area contributed by atoms with Crippen molar-refractivity contribution in [1.29, 1.82) is 0 Å². The van der Waals surface area contributed by atoms with Crippen LogP contribution in [0, 0.1) is 0 Å². The Balaban J connectivity index is 2.47. The third-order valence-corrected chi connectivity index (χ3v) is 4.41. The van der Waals surface area contributed by atoms with Crippen LogP contribution < -0.4 is 10.8 Å². The van der Waals surface area contributed by atoms with Gasteiger partial charge in [0.15, 0.2) is 0 Å². The van der Waals surface area contributed by atoms with Gasteiger partial charge in [0, 0.05) is 12.1 Å². The molecular weight excluding hydrogens is 322 g/mol. The summed E-state index contributed by atoms with van der Waals surface area (Å²) in [5.41, 5.74) is -2.17. The summed E-state index contributed by atoms with van der Waals surface area (Å²) >= 11 is 0. The van der Waals surface area contributed by atoms with E-state index in [1.807, 2.05) is 27.7 Å². The van der Waals surface area contributed by atoms with Gasteiger partial charge < -0.3 is 14.6 Å². The smallest absolute Gasteiger partial charge is 0.399 e. The fourth-order valence-corrected chi connectivity index (χ4v) is 2.32. The van der Waals surface area contributed by atoms with Crippen LogP contribution in [0.15, 0.2) is 18.2 Å². The zero-order chi connectivity index (χ0) is 18.3. The van der Waals surface area contributed by atoms with E-state index in [4.69, 9.17) is 9.31 Å². The first-order chi connectivity index (χ1) is 10.9. The van der Waals surface area contributed by atoms with Crippen molar-refractivity contribution in [2.45, 2.75) is 52.0 Å². The molecule has 1 N–H and O–H groups in total. The monoisotopic (exact) mass is 343 g/mol. The van der Waals surface area contributed by atoms with Crippen LogP contribution in [-0.4, -0.2) is 30.8 Å². The first-order valence-corrected chi connectivity index (χ1v) is 7.73. The van der Waals surface area contributed by atoms with Gasteiger partial charge in [-0.25, -0.2) is 0 Å². The van der Waals surface area contributed by atoms with E-state index in [2.05, 4.69) is 5.32 Å². The van der Waals surface area contributed by atoms with Crippen molar-refractivity contribution in [3.8, 4) is 0 Å². The van der Waals surface area contributed by atoms with Crippen LogP contribution in [0.4, 0.5) is 13.2 Å².